The smallest absolute Gasteiger partial charge is 0.211 e. The highest BCUT2D eigenvalue weighted by atomic mass is 16.6. The van der Waals surface area contributed by atoms with Crippen molar-refractivity contribution in [2.75, 3.05) is 6.54 Å². The summed E-state index contributed by atoms with van der Waals surface area (Å²) in [4.78, 5) is 23.4. The number of hydrogen-bond acceptors (Lipinski definition) is 4. The van der Waals surface area contributed by atoms with E-state index in [1.165, 1.54) is 0 Å². The number of nitrogens with zero attached hydrogens (tertiary/aromatic N) is 1. The fourth-order valence-corrected chi connectivity index (χ4v) is 2.83. The summed E-state index contributed by atoms with van der Waals surface area (Å²) in [5, 5.41) is 14.4. The maximum atomic E-state index is 12.5. The van der Waals surface area contributed by atoms with Crippen molar-refractivity contribution in [3.8, 4) is 0 Å². The Hall–Kier alpha value is -2.95. The van der Waals surface area contributed by atoms with Crippen LogP contribution in [0.5, 0.6) is 0 Å². The zero-order valence-electron chi connectivity index (χ0n) is 15.1. The van der Waals surface area contributed by atoms with Gasteiger partial charge in [0, 0.05) is 34.7 Å². The summed E-state index contributed by atoms with van der Waals surface area (Å²) in [5.41, 5.74) is 2.21. The molecule has 0 saturated heterocycles. The SMILES string of the molecule is CC(C)N/C(=C\C(=O)c1ccccc1)CC(C[N+](=O)[O-])c1ccccc1. The Kier molecular flexibility index (Phi) is 7.09. The minimum atomic E-state index is -0.302. The van der Waals surface area contributed by atoms with E-state index < -0.39 is 0 Å². The number of nitrogens with one attached hydrogen (secondary N) is 1. The van der Waals surface area contributed by atoms with Crippen LogP contribution in [0.25, 0.3) is 0 Å². The lowest BCUT2D eigenvalue weighted by molar-refractivity contribution is -0.483. The highest BCUT2D eigenvalue weighted by Gasteiger charge is 2.20. The van der Waals surface area contributed by atoms with Crippen molar-refractivity contribution in [3.05, 3.63) is 93.7 Å². The molecule has 0 fully saturated rings. The molecule has 0 bridgehead atoms. The van der Waals surface area contributed by atoms with Gasteiger partial charge in [0.25, 0.3) is 0 Å². The Morgan fingerprint density at radius 3 is 2.19 bits per heavy atom. The van der Waals surface area contributed by atoms with Gasteiger partial charge in [-0.2, -0.15) is 0 Å². The maximum Gasteiger partial charge on any atom is 0.211 e. The van der Waals surface area contributed by atoms with E-state index in [9.17, 15) is 14.9 Å². The standard InChI is InChI=1S/C21H24N2O3/c1-16(2)22-20(14-21(24)18-11-7-4-8-12-18)13-19(15-23(25)26)17-9-5-3-6-10-17/h3-12,14,16,19,22H,13,15H2,1-2H3/b20-14-. The monoisotopic (exact) mass is 352 g/mol. The van der Waals surface area contributed by atoms with Crippen LogP contribution in [-0.2, 0) is 0 Å². The molecular formula is C21H24N2O3. The predicted molar refractivity (Wildman–Crippen MR) is 103 cm³/mol. The van der Waals surface area contributed by atoms with Crippen LogP contribution in [-0.4, -0.2) is 23.3 Å². The van der Waals surface area contributed by atoms with Crippen LogP contribution in [0.15, 0.2) is 72.4 Å². The van der Waals surface area contributed by atoms with Crippen LogP contribution in [0, 0.1) is 10.1 Å². The van der Waals surface area contributed by atoms with Gasteiger partial charge in [0.1, 0.15) is 0 Å². The molecule has 2 aromatic carbocycles. The lowest BCUT2D eigenvalue weighted by atomic mass is 9.93. The third kappa shape index (κ3) is 6.16. The van der Waals surface area contributed by atoms with Crippen LogP contribution in [0.4, 0.5) is 0 Å². The molecule has 136 valence electrons. The lowest BCUT2D eigenvalue weighted by Crippen LogP contribution is -2.25. The molecular weight excluding hydrogens is 328 g/mol. The molecule has 0 saturated carbocycles. The third-order valence-corrected chi connectivity index (χ3v) is 3.94. The van der Waals surface area contributed by atoms with E-state index in [1.54, 1.807) is 18.2 Å². The first-order chi connectivity index (χ1) is 12.5. The lowest BCUT2D eigenvalue weighted by Gasteiger charge is -2.19. The fourth-order valence-electron chi connectivity index (χ4n) is 2.83. The Labute approximate surface area is 153 Å². The van der Waals surface area contributed by atoms with Gasteiger partial charge in [-0.25, -0.2) is 0 Å². The number of allylic oxidation sites excluding steroid dienone is 2. The van der Waals surface area contributed by atoms with E-state index in [4.69, 9.17) is 0 Å². The van der Waals surface area contributed by atoms with E-state index in [0.717, 1.165) is 5.56 Å². The Morgan fingerprint density at radius 2 is 1.65 bits per heavy atom. The first-order valence-electron chi connectivity index (χ1n) is 8.69. The molecule has 0 amide bonds. The van der Waals surface area contributed by atoms with Crippen molar-refractivity contribution < 1.29 is 9.72 Å². The zero-order chi connectivity index (χ0) is 18.9. The molecule has 0 radical (unpaired) electrons. The number of benzene rings is 2. The largest absolute Gasteiger partial charge is 0.386 e. The minimum absolute atomic E-state index is 0.110. The second-order valence-electron chi connectivity index (χ2n) is 6.53. The van der Waals surface area contributed by atoms with Crippen molar-refractivity contribution in [2.24, 2.45) is 0 Å². The van der Waals surface area contributed by atoms with Crippen molar-refractivity contribution in [1.29, 1.82) is 0 Å². The van der Waals surface area contributed by atoms with Crippen molar-refractivity contribution >= 4 is 5.78 Å². The van der Waals surface area contributed by atoms with Gasteiger partial charge in [-0.15, -0.1) is 0 Å². The molecule has 1 unspecified atom stereocenters. The second kappa shape index (κ2) is 9.51. The number of nitro groups is 1. The summed E-state index contributed by atoms with van der Waals surface area (Å²) in [5.74, 6) is -0.408. The predicted octanol–water partition coefficient (Wildman–Crippen LogP) is 4.20. The summed E-state index contributed by atoms with van der Waals surface area (Å²) in [6, 6.07) is 18.5. The number of hydrogen-bond donors (Lipinski definition) is 1. The molecule has 2 aromatic rings. The molecule has 5 heteroatoms. The van der Waals surface area contributed by atoms with Crippen LogP contribution >= 0.6 is 0 Å². The summed E-state index contributed by atoms with van der Waals surface area (Å²) in [6.07, 6.45) is 1.97. The Bertz CT molecular complexity index is 755. The summed E-state index contributed by atoms with van der Waals surface area (Å²) < 4.78 is 0. The molecule has 1 atom stereocenters. The third-order valence-electron chi connectivity index (χ3n) is 3.94. The maximum absolute atomic E-state index is 12.5. The van der Waals surface area contributed by atoms with Crippen molar-refractivity contribution in [3.63, 3.8) is 0 Å². The molecule has 0 heterocycles. The van der Waals surface area contributed by atoms with E-state index in [1.807, 2.05) is 62.4 Å². The fraction of sp³-hybridized carbons (Fsp3) is 0.286. The molecule has 0 aromatic heterocycles. The quantitative estimate of drug-likeness (QED) is 0.318. The van der Waals surface area contributed by atoms with Gasteiger partial charge in [-0.1, -0.05) is 60.7 Å². The van der Waals surface area contributed by atoms with Crippen LogP contribution in [0.2, 0.25) is 0 Å². The van der Waals surface area contributed by atoms with Gasteiger partial charge in [-0.3, -0.25) is 14.9 Å². The molecule has 26 heavy (non-hydrogen) atoms. The number of ketones is 1. The molecule has 1 N–H and O–H groups in total. The molecule has 0 aliphatic heterocycles. The van der Waals surface area contributed by atoms with Gasteiger partial charge < -0.3 is 5.32 Å². The zero-order valence-corrected chi connectivity index (χ0v) is 15.1. The normalized spacial score (nSPS) is 12.7. The minimum Gasteiger partial charge on any atom is -0.386 e. The average molecular weight is 352 g/mol. The van der Waals surface area contributed by atoms with Gasteiger partial charge in [0.15, 0.2) is 5.78 Å². The Morgan fingerprint density at radius 1 is 1.08 bits per heavy atom. The van der Waals surface area contributed by atoms with Gasteiger partial charge in [0.05, 0.1) is 5.92 Å². The van der Waals surface area contributed by atoms with Gasteiger partial charge in [-0.05, 0) is 19.4 Å². The number of rotatable bonds is 9. The van der Waals surface area contributed by atoms with Crippen LogP contribution in [0.1, 0.15) is 42.1 Å². The first-order valence-corrected chi connectivity index (χ1v) is 8.69. The second-order valence-corrected chi connectivity index (χ2v) is 6.53. The number of carbonyl (C=O) groups is 1. The van der Waals surface area contributed by atoms with Crippen molar-refractivity contribution in [2.45, 2.75) is 32.2 Å². The summed E-state index contributed by atoms with van der Waals surface area (Å²) in [7, 11) is 0. The van der Waals surface area contributed by atoms with E-state index in [-0.39, 0.29) is 29.2 Å². The average Bonchev–Trinajstić information content (AvgIpc) is 2.61. The summed E-state index contributed by atoms with van der Waals surface area (Å²) >= 11 is 0. The molecule has 0 spiro atoms. The van der Waals surface area contributed by atoms with Crippen LogP contribution in [0.3, 0.4) is 0 Å². The first kappa shape index (κ1) is 19.4. The Balaban J connectivity index is 2.27. The molecule has 0 aliphatic carbocycles. The molecule has 2 rings (SSSR count). The highest BCUT2D eigenvalue weighted by Crippen LogP contribution is 2.23. The van der Waals surface area contributed by atoms with Crippen LogP contribution < -0.4 is 5.32 Å². The highest BCUT2D eigenvalue weighted by molar-refractivity contribution is 6.04. The van der Waals surface area contributed by atoms with Gasteiger partial charge >= 0.3 is 0 Å². The topological polar surface area (TPSA) is 72.2 Å². The van der Waals surface area contributed by atoms with Gasteiger partial charge in [0.2, 0.25) is 6.54 Å². The summed E-state index contributed by atoms with van der Waals surface area (Å²) in [6.45, 7) is 3.78. The molecule has 0 aliphatic rings. The molecule has 5 nitrogen and oxygen atoms in total. The van der Waals surface area contributed by atoms with E-state index in [2.05, 4.69) is 5.32 Å². The van der Waals surface area contributed by atoms with E-state index >= 15 is 0 Å². The van der Waals surface area contributed by atoms with E-state index in [0.29, 0.717) is 17.7 Å². The van der Waals surface area contributed by atoms with Crippen molar-refractivity contribution in [1.82, 2.24) is 5.32 Å². The number of carbonyl (C=O) groups excluding carboxylic acids is 1.